The highest BCUT2D eigenvalue weighted by Gasteiger charge is 2.23. The summed E-state index contributed by atoms with van der Waals surface area (Å²) in [5.74, 6) is 0.349. The molecule has 0 N–H and O–H groups in total. The van der Waals surface area contributed by atoms with E-state index in [0.29, 0.717) is 35.7 Å². The van der Waals surface area contributed by atoms with E-state index in [1.165, 1.54) is 65.6 Å². The second-order valence-electron chi connectivity index (χ2n) is 11.6. The van der Waals surface area contributed by atoms with Crippen LogP contribution in [0.15, 0.2) is 12.1 Å². The minimum absolute atomic E-state index is 0.350. The van der Waals surface area contributed by atoms with E-state index in [4.69, 9.17) is 24.2 Å². The van der Waals surface area contributed by atoms with Gasteiger partial charge in [0.1, 0.15) is 0 Å². The van der Waals surface area contributed by atoms with Gasteiger partial charge in [-0.1, -0.05) is 77.0 Å². The van der Waals surface area contributed by atoms with Crippen molar-refractivity contribution in [3.8, 4) is 11.8 Å². The number of hydrogen-bond donors (Lipinski definition) is 0. The molecule has 4 aliphatic rings. The zero-order chi connectivity index (χ0) is 28.9. The van der Waals surface area contributed by atoms with Crippen molar-refractivity contribution in [1.29, 1.82) is 0 Å². The number of ether oxygens (including phenoxy) is 3. The van der Waals surface area contributed by atoms with Crippen molar-refractivity contribution in [2.45, 2.75) is 128 Å². The standard InChI is InChI=1S/C34H48N2O5/c1-39-33(37)27-23-25-19-15-11-7-3-5-9-13-17-21-29(27)35-31(25)41-32-26-20-16-12-8-4-6-10-14-18-22-30(36-32)28(24-26)34(38)40-2/h23-24H,3-22H2,1-2H3. The number of fused-ring (bicyclic) bond motifs is 22. The summed E-state index contributed by atoms with van der Waals surface area (Å²) in [6.07, 6.45) is 21.3. The van der Waals surface area contributed by atoms with Gasteiger partial charge in [-0.15, -0.1) is 0 Å². The van der Waals surface area contributed by atoms with Crippen LogP contribution in [0.3, 0.4) is 0 Å². The van der Waals surface area contributed by atoms with Gasteiger partial charge in [0.25, 0.3) is 0 Å². The van der Waals surface area contributed by atoms with Gasteiger partial charge in [-0.3, -0.25) is 0 Å². The van der Waals surface area contributed by atoms with Crippen molar-refractivity contribution in [1.82, 2.24) is 9.97 Å². The molecule has 41 heavy (non-hydrogen) atoms. The van der Waals surface area contributed by atoms with Gasteiger partial charge in [-0.25, -0.2) is 19.6 Å². The van der Waals surface area contributed by atoms with E-state index >= 15 is 0 Å². The van der Waals surface area contributed by atoms with E-state index in [0.717, 1.165) is 86.7 Å². The maximum Gasteiger partial charge on any atom is 0.339 e. The lowest BCUT2D eigenvalue weighted by Gasteiger charge is -2.19. The number of hydrogen-bond acceptors (Lipinski definition) is 7. The van der Waals surface area contributed by atoms with Crippen molar-refractivity contribution in [2.24, 2.45) is 0 Å². The molecule has 6 rings (SSSR count). The second kappa shape index (κ2) is 16.5. The molecule has 0 spiro atoms. The van der Waals surface area contributed by atoms with Crippen LogP contribution in [0.2, 0.25) is 0 Å². The van der Waals surface area contributed by atoms with Crippen molar-refractivity contribution < 1.29 is 23.8 Å². The third kappa shape index (κ3) is 9.01. The summed E-state index contributed by atoms with van der Waals surface area (Å²) >= 11 is 0. The zero-order valence-corrected chi connectivity index (χ0v) is 25.2. The molecule has 0 aromatic carbocycles. The number of aryl methyl sites for hydroxylation is 4. The SMILES string of the molecule is COC(=O)c1cc2c(Oc3nc4c(C(=O)OC)cc3CCCCCCCCCC4)nc1CCCCCCCCCC2. The molecular weight excluding hydrogens is 516 g/mol. The second-order valence-corrected chi connectivity index (χ2v) is 11.6. The number of nitrogens with zero attached hydrogens (tertiary/aromatic N) is 2. The quantitative estimate of drug-likeness (QED) is 0.345. The largest absolute Gasteiger partial charge is 0.465 e. The van der Waals surface area contributed by atoms with E-state index in [9.17, 15) is 9.59 Å². The topological polar surface area (TPSA) is 87.6 Å². The number of methoxy groups -OCH3 is 2. The number of pyridine rings is 2. The lowest BCUT2D eigenvalue weighted by atomic mass is 9.98. The van der Waals surface area contributed by atoms with Crippen LogP contribution in [0, 0.1) is 0 Å². The molecule has 7 heteroatoms. The van der Waals surface area contributed by atoms with Gasteiger partial charge in [0.05, 0.1) is 36.7 Å². The van der Waals surface area contributed by atoms with Crippen LogP contribution >= 0.6 is 0 Å². The predicted octanol–water partition coefficient (Wildman–Crippen LogP) is 8.28. The Morgan fingerprint density at radius 3 is 1.17 bits per heavy atom. The predicted molar refractivity (Wildman–Crippen MR) is 160 cm³/mol. The summed E-state index contributed by atoms with van der Waals surface area (Å²) in [4.78, 5) is 35.5. The van der Waals surface area contributed by atoms with E-state index in [-0.39, 0.29) is 11.9 Å². The normalized spacial score (nSPS) is 17.7. The van der Waals surface area contributed by atoms with Crippen molar-refractivity contribution >= 4 is 11.9 Å². The van der Waals surface area contributed by atoms with Gasteiger partial charge < -0.3 is 14.2 Å². The van der Waals surface area contributed by atoms with Crippen molar-refractivity contribution in [2.75, 3.05) is 14.2 Å². The summed E-state index contributed by atoms with van der Waals surface area (Å²) in [5.41, 5.74) is 4.34. The summed E-state index contributed by atoms with van der Waals surface area (Å²) in [6, 6.07) is 3.87. The Labute approximate surface area is 245 Å². The van der Waals surface area contributed by atoms with E-state index in [1.807, 2.05) is 12.1 Å². The lowest BCUT2D eigenvalue weighted by molar-refractivity contribution is 0.0589. The average molecular weight is 565 g/mol. The van der Waals surface area contributed by atoms with E-state index in [2.05, 4.69) is 0 Å². The fraction of sp³-hybridized carbons (Fsp3) is 0.647. The minimum Gasteiger partial charge on any atom is -0.465 e. The molecule has 0 amide bonds. The average Bonchev–Trinajstić information content (AvgIpc) is 2.99. The Kier molecular flexibility index (Phi) is 12.5. The molecule has 2 aliphatic carbocycles. The Balaban J connectivity index is 1.76. The molecule has 0 unspecified atom stereocenters. The summed E-state index contributed by atoms with van der Waals surface area (Å²) in [5, 5.41) is 0. The Bertz CT molecular complexity index is 1070. The molecule has 0 radical (unpaired) electrons. The summed E-state index contributed by atoms with van der Waals surface area (Å²) in [6.45, 7) is 0. The van der Waals surface area contributed by atoms with Gasteiger partial charge >= 0.3 is 11.9 Å². The molecule has 2 aliphatic heterocycles. The number of rotatable bonds is 4. The maximum absolute atomic E-state index is 12.8. The van der Waals surface area contributed by atoms with Crippen LogP contribution in [0.25, 0.3) is 0 Å². The van der Waals surface area contributed by atoms with Crippen LogP contribution < -0.4 is 4.74 Å². The Morgan fingerprint density at radius 2 is 0.829 bits per heavy atom. The maximum atomic E-state index is 12.8. The van der Waals surface area contributed by atoms with Gasteiger partial charge in [0.15, 0.2) is 0 Å². The molecule has 2 aromatic heterocycles. The Hall–Kier alpha value is -2.96. The first-order valence-corrected chi connectivity index (χ1v) is 16.0. The van der Waals surface area contributed by atoms with Crippen LogP contribution in [-0.2, 0) is 35.2 Å². The lowest BCUT2D eigenvalue weighted by Crippen LogP contribution is -2.13. The van der Waals surface area contributed by atoms with Crippen LogP contribution in [0.4, 0.5) is 0 Å². The molecule has 2 aromatic rings. The highest BCUT2D eigenvalue weighted by atomic mass is 16.5. The fourth-order valence-electron chi connectivity index (χ4n) is 6.07. The first-order chi connectivity index (χ1) is 20.1. The van der Waals surface area contributed by atoms with Gasteiger partial charge in [0, 0.05) is 11.1 Å². The Morgan fingerprint density at radius 1 is 0.512 bits per heavy atom. The molecular formula is C34H48N2O5. The molecule has 224 valence electrons. The monoisotopic (exact) mass is 564 g/mol. The first kappa shape index (κ1) is 31.0. The van der Waals surface area contributed by atoms with E-state index < -0.39 is 0 Å². The summed E-state index contributed by atoms with van der Waals surface area (Å²) in [7, 11) is 2.85. The van der Waals surface area contributed by atoms with Crippen molar-refractivity contribution in [3.63, 3.8) is 0 Å². The van der Waals surface area contributed by atoms with Gasteiger partial charge in [-0.2, -0.15) is 0 Å². The number of esters is 2. The highest BCUT2D eigenvalue weighted by molar-refractivity contribution is 5.91. The third-order valence-electron chi connectivity index (χ3n) is 8.50. The third-order valence-corrected chi connectivity index (χ3v) is 8.50. The van der Waals surface area contributed by atoms with Crippen LogP contribution in [-0.4, -0.2) is 36.1 Å². The molecule has 0 atom stereocenters. The molecule has 7 nitrogen and oxygen atoms in total. The number of carbonyl (C=O) groups is 2. The summed E-state index contributed by atoms with van der Waals surface area (Å²) < 4.78 is 16.9. The smallest absolute Gasteiger partial charge is 0.339 e. The fourth-order valence-corrected chi connectivity index (χ4v) is 6.07. The first-order valence-electron chi connectivity index (χ1n) is 16.0. The molecule has 0 fully saturated rings. The highest BCUT2D eigenvalue weighted by Crippen LogP contribution is 2.32. The van der Waals surface area contributed by atoms with Crippen LogP contribution in [0.1, 0.15) is 146 Å². The molecule has 4 bridgehead atoms. The molecule has 0 saturated heterocycles. The molecule has 0 saturated carbocycles. The zero-order valence-electron chi connectivity index (χ0n) is 25.2. The van der Waals surface area contributed by atoms with Gasteiger partial charge in [-0.05, 0) is 63.5 Å². The molecule has 4 heterocycles. The van der Waals surface area contributed by atoms with Gasteiger partial charge in [0.2, 0.25) is 11.8 Å². The number of carbonyl (C=O) groups excluding carboxylic acids is 2. The van der Waals surface area contributed by atoms with Crippen molar-refractivity contribution in [3.05, 3.63) is 45.8 Å². The minimum atomic E-state index is -0.350. The van der Waals surface area contributed by atoms with E-state index in [1.54, 1.807) is 0 Å². The number of aromatic nitrogens is 2. The van der Waals surface area contributed by atoms with Crippen LogP contribution in [0.5, 0.6) is 11.8 Å².